The monoisotopic (exact) mass is 405 g/mol. The van der Waals surface area contributed by atoms with E-state index in [9.17, 15) is 9.18 Å². The van der Waals surface area contributed by atoms with Gasteiger partial charge in [0.2, 0.25) is 0 Å². The van der Waals surface area contributed by atoms with Gasteiger partial charge >= 0.3 is 0 Å². The molecule has 25 heavy (non-hydrogen) atoms. The van der Waals surface area contributed by atoms with Crippen molar-refractivity contribution < 1.29 is 13.9 Å². The molecule has 0 atom stereocenters. The maximum atomic E-state index is 13.7. The van der Waals surface area contributed by atoms with E-state index in [-0.39, 0.29) is 24.8 Å². The smallest absolute Gasteiger partial charge is 0.258 e. The molecule has 1 amide bonds. The maximum Gasteiger partial charge on any atom is 0.258 e. The van der Waals surface area contributed by atoms with Gasteiger partial charge in [0.05, 0.1) is 17.6 Å². The molecule has 0 saturated heterocycles. The van der Waals surface area contributed by atoms with Crippen molar-refractivity contribution in [3.8, 4) is 5.75 Å². The molecule has 7 heteroatoms. The summed E-state index contributed by atoms with van der Waals surface area (Å²) in [5.41, 5.74) is 1.92. The molecule has 3 rings (SSSR count). The van der Waals surface area contributed by atoms with E-state index in [2.05, 4.69) is 26.2 Å². The largest absolute Gasteiger partial charge is 0.481 e. The number of nitrogens with one attached hydrogen (secondary N) is 1. The van der Waals surface area contributed by atoms with Gasteiger partial charge in [0.1, 0.15) is 5.82 Å². The number of aromatic nitrogens is 2. The molecule has 1 N–H and O–H groups in total. The van der Waals surface area contributed by atoms with E-state index in [0.717, 1.165) is 23.4 Å². The lowest BCUT2D eigenvalue weighted by Gasteiger charge is -2.09. The fourth-order valence-corrected chi connectivity index (χ4v) is 2.91. The fourth-order valence-electron chi connectivity index (χ4n) is 2.58. The average molecular weight is 406 g/mol. The molecule has 3 aromatic rings. The lowest BCUT2D eigenvalue weighted by molar-refractivity contribution is -0.123. The highest BCUT2D eigenvalue weighted by molar-refractivity contribution is 9.10. The van der Waals surface area contributed by atoms with Gasteiger partial charge in [0, 0.05) is 11.0 Å². The fraction of sp³-hybridized carbons (Fsp3) is 0.222. The number of imidazole rings is 1. The normalized spacial score (nSPS) is 10.8. The van der Waals surface area contributed by atoms with Crippen LogP contribution in [0.5, 0.6) is 5.75 Å². The number of rotatable bonds is 6. The Hall–Kier alpha value is -2.41. The van der Waals surface area contributed by atoms with E-state index in [1.807, 2.05) is 35.8 Å². The second-order valence-electron chi connectivity index (χ2n) is 5.40. The zero-order chi connectivity index (χ0) is 17.8. The number of nitrogens with zero attached hydrogens (tertiary/aromatic N) is 2. The van der Waals surface area contributed by atoms with Gasteiger partial charge in [-0.05, 0) is 37.3 Å². The Morgan fingerprint density at radius 3 is 2.88 bits per heavy atom. The summed E-state index contributed by atoms with van der Waals surface area (Å²) in [6, 6.07) is 12.2. The number of benzene rings is 2. The zero-order valence-corrected chi connectivity index (χ0v) is 15.2. The summed E-state index contributed by atoms with van der Waals surface area (Å²) in [5, 5.41) is 2.76. The Kier molecular flexibility index (Phi) is 5.33. The van der Waals surface area contributed by atoms with Crippen molar-refractivity contribution in [2.45, 2.75) is 20.0 Å². The summed E-state index contributed by atoms with van der Waals surface area (Å²) in [6.45, 7) is 2.81. The lowest BCUT2D eigenvalue weighted by atomic mass is 10.3. The molecule has 1 heterocycles. The van der Waals surface area contributed by atoms with Gasteiger partial charge in [-0.25, -0.2) is 9.37 Å². The molecule has 0 aliphatic heterocycles. The van der Waals surface area contributed by atoms with Crippen LogP contribution in [0.3, 0.4) is 0 Å². The molecule has 0 unspecified atom stereocenters. The molecular formula is C18H17BrFN3O2. The Morgan fingerprint density at radius 1 is 1.32 bits per heavy atom. The molecule has 130 valence electrons. The summed E-state index contributed by atoms with van der Waals surface area (Å²) in [5.74, 6) is -0.0435. The van der Waals surface area contributed by atoms with Crippen LogP contribution in [0.4, 0.5) is 4.39 Å². The predicted molar refractivity (Wildman–Crippen MR) is 96.8 cm³/mol. The molecule has 0 fully saturated rings. The first kappa shape index (κ1) is 17.4. The molecule has 0 bridgehead atoms. The molecule has 0 aliphatic rings. The Balaban J connectivity index is 1.61. The van der Waals surface area contributed by atoms with Gasteiger partial charge in [0.15, 0.2) is 18.2 Å². The van der Waals surface area contributed by atoms with E-state index in [1.54, 1.807) is 6.07 Å². The number of hydrogen-bond donors (Lipinski definition) is 1. The minimum atomic E-state index is -0.519. The number of carbonyl (C=O) groups is 1. The van der Waals surface area contributed by atoms with Crippen molar-refractivity contribution in [3.05, 3.63) is 58.6 Å². The van der Waals surface area contributed by atoms with Gasteiger partial charge in [-0.2, -0.15) is 0 Å². The van der Waals surface area contributed by atoms with E-state index in [1.165, 1.54) is 12.1 Å². The molecule has 5 nitrogen and oxygen atoms in total. The number of carbonyl (C=O) groups excluding carboxylic acids is 1. The minimum Gasteiger partial charge on any atom is -0.481 e. The van der Waals surface area contributed by atoms with Crippen LogP contribution < -0.4 is 10.1 Å². The van der Waals surface area contributed by atoms with Crippen LogP contribution in [0, 0.1) is 5.82 Å². The van der Waals surface area contributed by atoms with E-state index in [0.29, 0.717) is 4.47 Å². The Bertz CT molecular complexity index is 910. The molecule has 1 aromatic heterocycles. The second-order valence-corrected chi connectivity index (χ2v) is 6.32. The Labute approximate surface area is 152 Å². The molecular weight excluding hydrogens is 389 g/mol. The third kappa shape index (κ3) is 3.99. The zero-order valence-electron chi connectivity index (χ0n) is 13.6. The summed E-state index contributed by atoms with van der Waals surface area (Å²) >= 11 is 3.17. The Morgan fingerprint density at radius 2 is 2.12 bits per heavy atom. The topological polar surface area (TPSA) is 56.2 Å². The predicted octanol–water partition coefficient (Wildman–Crippen LogP) is 3.65. The lowest BCUT2D eigenvalue weighted by Crippen LogP contribution is -2.29. The van der Waals surface area contributed by atoms with Crippen LogP contribution in [0.25, 0.3) is 11.0 Å². The van der Waals surface area contributed by atoms with Crippen LogP contribution in [0.2, 0.25) is 0 Å². The first-order valence-electron chi connectivity index (χ1n) is 7.87. The first-order chi connectivity index (χ1) is 12.1. The van der Waals surface area contributed by atoms with Crippen molar-refractivity contribution in [3.63, 3.8) is 0 Å². The van der Waals surface area contributed by atoms with Crippen LogP contribution in [-0.2, 0) is 17.9 Å². The highest BCUT2D eigenvalue weighted by Crippen LogP contribution is 2.21. The molecule has 0 aliphatic carbocycles. The number of para-hydroxylation sites is 2. The standard InChI is InChI=1S/C18H17BrFN3O2/c1-2-23-15-6-4-3-5-14(15)22-17(23)10-21-18(24)11-25-16-8-7-12(19)9-13(16)20/h3-9H,2,10-11H2,1H3,(H,21,24). The van der Waals surface area contributed by atoms with E-state index >= 15 is 0 Å². The molecule has 0 radical (unpaired) electrons. The van der Waals surface area contributed by atoms with Crippen molar-refractivity contribution >= 4 is 32.9 Å². The first-order valence-corrected chi connectivity index (χ1v) is 8.66. The number of halogens is 2. The number of aryl methyl sites for hydroxylation is 1. The third-order valence-electron chi connectivity index (χ3n) is 3.75. The van der Waals surface area contributed by atoms with Crippen molar-refractivity contribution in [2.75, 3.05) is 6.61 Å². The van der Waals surface area contributed by atoms with Crippen molar-refractivity contribution in [1.29, 1.82) is 0 Å². The second kappa shape index (κ2) is 7.65. The van der Waals surface area contributed by atoms with Gasteiger partial charge in [-0.1, -0.05) is 28.1 Å². The van der Waals surface area contributed by atoms with Crippen LogP contribution in [0.15, 0.2) is 46.9 Å². The number of ether oxygens (including phenoxy) is 1. The summed E-state index contributed by atoms with van der Waals surface area (Å²) < 4.78 is 21.5. The van der Waals surface area contributed by atoms with E-state index in [4.69, 9.17) is 4.74 Å². The SMILES string of the molecule is CCn1c(CNC(=O)COc2ccc(Br)cc2F)nc2ccccc21. The van der Waals surface area contributed by atoms with Crippen LogP contribution in [0.1, 0.15) is 12.7 Å². The molecule has 2 aromatic carbocycles. The highest BCUT2D eigenvalue weighted by Gasteiger charge is 2.11. The number of fused-ring (bicyclic) bond motifs is 1. The van der Waals surface area contributed by atoms with Gasteiger partial charge in [-0.3, -0.25) is 4.79 Å². The number of amides is 1. The van der Waals surface area contributed by atoms with Gasteiger partial charge < -0.3 is 14.6 Å². The van der Waals surface area contributed by atoms with E-state index < -0.39 is 5.82 Å². The summed E-state index contributed by atoms with van der Waals surface area (Å²) in [4.78, 5) is 16.5. The quantitative estimate of drug-likeness (QED) is 0.680. The molecule has 0 spiro atoms. The van der Waals surface area contributed by atoms with Crippen molar-refractivity contribution in [1.82, 2.24) is 14.9 Å². The third-order valence-corrected chi connectivity index (χ3v) is 4.24. The van der Waals surface area contributed by atoms with Crippen LogP contribution >= 0.6 is 15.9 Å². The molecule has 0 saturated carbocycles. The van der Waals surface area contributed by atoms with Gasteiger partial charge in [-0.15, -0.1) is 0 Å². The van der Waals surface area contributed by atoms with Crippen LogP contribution in [-0.4, -0.2) is 22.1 Å². The number of hydrogen-bond acceptors (Lipinski definition) is 3. The summed E-state index contributed by atoms with van der Waals surface area (Å²) in [7, 11) is 0. The maximum absolute atomic E-state index is 13.7. The minimum absolute atomic E-state index is 0.0409. The highest BCUT2D eigenvalue weighted by atomic mass is 79.9. The summed E-state index contributed by atoms with van der Waals surface area (Å²) in [6.07, 6.45) is 0. The van der Waals surface area contributed by atoms with Gasteiger partial charge in [0.25, 0.3) is 5.91 Å². The van der Waals surface area contributed by atoms with Crippen molar-refractivity contribution in [2.24, 2.45) is 0 Å². The average Bonchev–Trinajstić information content (AvgIpc) is 2.96.